The molecule has 0 atom stereocenters. The predicted molar refractivity (Wildman–Crippen MR) is 91.3 cm³/mol. The number of pyridine rings is 1. The van der Waals surface area contributed by atoms with Crippen molar-refractivity contribution in [3.05, 3.63) is 42.1 Å². The predicted octanol–water partition coefficient (Wildman–Crippen LogP) is 5.46. The van der Waals surface area contributed by atoms with Gasteiger partial charge in [-0.1, -0.05) is 12.5 Å². The second-order valence-electron chi connectivity index (χ2n) is 6.55. The Morgan fingerprint density at radius 1 is 1.12 bits per heavy atom. The Kier molecular flexibility index (Phi) is 4.44. The van der Waals surface area contributed by atoms with Gasteiger partial charge in [-0.3, -0.25) is 0 Å². The monoisotopic (exact) mass is 347 g/mol. The molecular formula is C19H19F2NOS. The van der Waals surface area contributed by atoms with Gasteiger partial charge in [0.1, 0.15) is 5.03 Å². The normalized spacial score (nSPS) is 17.6. The van der Waals surface area contributed by atoms with Gasteiger partial charge in [-0.2, -0.15) is 0 Å². The zero-order valence-corrected chi connectivity index (χ0v) is 14.1. The fourth-order valence-corrected chi connectivity index (χ4v) is 4.01. The summed E-state index contributed by atoms with van der Waals surface area (Å²) in [6.45, 7) is 0.392. The average Bonchev–Trinajstić information content (AvgIpc) is 3.34. The molecule has 126 valence electrons. The second-order valence-corrected chi connectivity index (χ2v) is 7.84. The Morgan fingerprint density at radius 3 is 2.50 bits per heavy atom. The van der Waals surface area contributed by atoms with E-state index in [0.29, 0.717) is 23.3 Å². The van der Waals surface area contributed by atoms with Crippen molar-refractivity contribution in [1.82, 2.24) is 4.98 Å². The molecule has 0 spiro atoms. The molecule has 2 saturated carbocycles. The molecule has 0 N–H and O–H groups in total. The summed E-state index contributed by atoms with van der Waals surface area (Å²) >= 11 is 1.70. The van der Waals surface area contributed by atoms with Gasteiger partial charge in [0, 0.05) is 17.0 Å². The molecule has 4 rings (SSSR count). The van der Waals surface area contributed by atoms with Crippen LogP contribution in [0.3, 0.4) is 0 Å². The van der Waals surface area contributed by atoms with Crippen LogP contribution in [0, 0.1) is 17.6 Å². The van der Waals surface area contributed by atoms with Crippen LogP contribution in [-0.4, -0.2) is 16.8 Å². The summed E-state index contributed by atoms with van der Waals surface area (Å²) in [4.78, 5) is 4.41. The maximum atomic E-state index is 14.3. The Morgan fingerprint density at radius 2 is 1.88 bits per heavy atom. The summed E-state index contributed by atoms with van der Waals surface area (Å²) < 4.78 is 34.0. The van der Waals surface area contributed by atoms with Crippen molar-refractivity contribution in [2.75, 3.05) is 6.61 Å². The van der Waals surface area contributed by atoms with E-state index in [9.17, 15) is 8.78 Å². The number of benzene rings is 1. The standard InChI is InChI=1S/C19H19F2NOS/c20-16-9-13(10-17(21)18(16)23-11-12-6-7-12)15-5-2-8-22-19(15)24-14-3-1-4-14/h2,5,8-10,12,14H,1,3-4,6-7,11H2. The lowest BCUT2D eigenvalue weighted by Crippen LogP contribution is -2.13. The molecular weight excluding hydrogens is 328 g/mol. The van der Waals surface area contributed by atoms with Gasteiger partial charge in [0.2, 0.25) is 0 Å². The van der Waals surface area contributed by atoms with Crippen molar-refractivity contribution < 1.29 is 13.5 Å². The molecule has 0 unspecified atom stereocenters. The molecule has 5 heteroatoms. The number of hydrogen-bond acceptors (Lipinski definition) is 3. The number of nitrogens with zero attached hydrogens (tertiary/aromatic N) is 1. The summed E-state index contributed by atoms with van der Waals surface area (Å²) in [5.74, 6) is -1.10. The highest BCUT2D eigenvalue weighted by Crippen LogP contribution is 2.40. The zero-order chi connectivity index (χ0) is 16.5. The highest BCUT2D eigenvalue weighted by Gasteiger charge is 2.25. The molecule has 2 aliphatic rings. The summed E-state index contributed by atoms with van der Waals surface area (Å²) in [5, 5.41) is 1.40. The van der Waals surface area contributed by atoms with Crippen molar-refractivity contribution in [1.29, 1.82) is 0 Å². The first-order chi connectivity index (χ1) is 11.7. The first-order valence-electron chi connectivity index (χ1n) is 8.44. The van der Waals surface area contributed by atoms with Gasteiger partial charge in [0.15, 0.2) is 17.4 Å². The minimum Gasteiger partial charge on any atom is -0.487 e. The molecule has 1 aromatic carbocycles. The van der Waals surface area contributed by atoms with E-state index in [-0.39, 0.29) is 5.75 Å². The first-order valence-corrected chi connectivity index (χ1v) is 9.32. The largest absolute Gasteiger partial charge is 0.487 e. The SMILES string of the molecule is Fc1cc(-c2cccnc2SC2CCC2)cc(F)c1OCC1CC1. The van der Waals surface area contributed by atoms with E-state index in [0.717, 1.165) is 23.4 Å². The van der Waals surface area contributed by atoms with Gasteiger partial charge < -0.3 is 4.74 Å². The third-order valence-corrected chi connectivity index (χ3v) is 5.92. The number of thioether (sulfide) groups is 1. The minimum atomic E-state index is -0.644. The first kappa shape index (κ1) is 15.9. The molecule has 2 nitrogen and oxygen atoms in total. The molecule has 2 aliphatic carbocycles. The molecule has 0 aliphatic heterocycles. The average molecular weight is 347 g/mol. The van der Waals surface area contributed by atoms with Gasteiger partial charge in [-0.25, -0.2) is 13.8 Å². The smallest absolute Gasteiger partial charge is 0.190 e. The van der Waals surface area contributed by atoms with Crippen LogP contribution in [0.15, 0.2) is 35.5 Å². The van der Waals surface area contributed by atoms with Crippen LogP contribution in [0.2, 0.25) is 0 Å². The Hall–Kier alpha value is -1.62. The van der Waals surface area contributed by atoms with E-state index in [1.807, 2.05) is 6.07 Å². The third kappa shape index (κ3) is 3.41. The van der Waals surface area contributed by atoms with Gasteiger partial charge >= 0.3 is 0 Å². The van der Waals surface area contributed by atoms with Crippen LogP contribution in [0.4, 0.5) is 8.78 Å². The topological polar surface area (TPSA) is 22.1 Å². The second kappa shape index (κ2) is 6.71. The molecule has 0 radical (unpaired) electrons. The summed E-state index contributed by atoms with van der Waals surface area (Å²) in [5.41, 5.74) is 1.29. The molecule has 0 bridgehead atoms. The Balaban J connectivity index is 1.61. The number of halogens is 2. The maximum absolute atomic E-state index is 14.3. The van der Waals surface area contributed by atoms with E-state index in [1.54, 1.807) is 24.0 Å². The molecule has 2 aromatic rings. The van der Waals surface area contributed by atoms with Crippen LogP contribution in [0.5, 0.6) is 5.75 Å². The lowest BCUT2D eigenvalue weighted by Gasteiger charge is -2.25. The van der Waals surface area contributed by atoms with Gasteiger partial charge in [0.25, 0.3) is 0 Å². The minimum absolute atomic E-state index is 0.261. The maximum Gasteiger partial charge on any atom is 0.190 e. The van der Waals surface area contributed by atoms with Crippen molar-refractivity contribution in [2.45, 2.75) is 42.4 Å². The van der Waals surface area contributed by atoms with Crippen LogP contribution < -0.4 is 4.74 Å². The highest BCUT2D eigenvalue weighted by atomic mass is 32.2. The zero-order valence-electron chi connectivity index (χ0n) is 13.3. The van der Waals surface area contributed by atoms with E-state index < -0.39 is 11.6 Å². The molecule has 1 aromatic heterocycles. The Labute approximate surface area is 144 Å². The van der Waals surface area contributed by atoms with Crippen LogP contribution >= 0.6 is 11.8 Å². The number of rotatable bonds is 6. The number of aromatic nitrogens is 1. The van der Waals surface area contributed by atoms with Crippen LogP contribution in [0.25, 0.3) is 11.1 Å². The summed E-state index contributed by atoms with van der Waals surface area (Å²) in [6.07, 6.45) is 7.49. The highest BCUT2D eigenvalue weighted by molar-refractivity contribution is 8.00. The number of ether oxygens (including phenoxy) is 1. The van der Waals surface area contributed by atoms with Gasteiger partial charge in [-0.15, -0.1) is 11.8 Å². The van der Waals surface area contributed by atoms with Crippen molar-refractivity contribution in [3.8, 4) is 16.9 Å². The molecule has 2 fully saturated rings. The van der Waals surface area contributed by atoms with E-state index in [2.05, 4.69) is 4.98 Å². The quantitative estimate of drug-likeness (QED) is 0.693. The van der Waals surface area contributed by atoms with E-state index >= 15 is 0 Å². The molecule has 0 amide bonds. The van der Waals surface area contributed by atoms with E-state index in [1.165, 1.54) is 31.4 Å². The third-order valence-electron chi connectivity index (χ3n) is 4.57. The lowest BCUT2D eigenvalue weighted by molar-refractivity contribution is 0.270. The Bertz CT molecular complexity index is 721. The van der Waals surface area contributed by atoms with Gasteiger partial charge in [-0.05, 0) is 55.4 Å². The molecule has 1 heterocycles. The van der Waals surface area contributed by atoms with Crippen LogP contribution in [0.1, 0.15) is 32.1 Å². The number of hydrogen-bond donors (Lipinski definition) is 0. The molecule has 0 saturated heterocycles. The summed E-state index contributed by atoms with van der Waals surface area (Å²) in [6, 6.07) is 6.38. The lowest BCUT2D eigenvalue weighted by atomic mass is 10.00. The van der Waals surface area contributed by atoms with Crippen molar-refractivity contribution in [3.63, 3.8) is 0 Å². The van der Waals surface area contributed by atoms with Gasteiger partial charge in [0.05, 0.1) is 6.61 Å². The van der Waals surface area contributed by atoms with Crippen molar-refractivity contribution >= 4 is 11.8 Å². The summed E-state index contributed by atoms with van der Waals surface area (Å²) in [7, 11) is 0. The van der Waals surface area contributed by atoms with Crippen LogP contribution in [-0.2, 0) is 0 Å². The fourth-order valence-electron chi connectivity index (χ4n) is 2.69. The van der Waals surface area contributed by atoms with E-state index in [4.69, 9.17) is 4.74 Å². The van der Waals surface area contributed by atoms with Crippen molar-refractivity contribution in [2.24, 2.45) is 5.92 Å². The molecule has 24 heavy (non-hydrogen) atoms. The fraction of sp³-hybridized carbons (Fsp3) is 0.421.